The highest BCUT2D eigenvalue weighted by molar-refractivity contribution is 5.30. The Morgan fingerprint density at radius 2 is 2.41 bits per heavy atom. The van der Waals surface area contributed by atoms with Crippen molar-refractivity contribution in [3.05, 3.63) is 29.6 Å². The summed E-state index contributed by atoms with van der Waals surface area (Å²) >= 11 is 0. The van der Waals surface area contributed by atoms with Crippen molar-refractivity contribution in [1.29, 1.82) is 0 Å². The van der Waals surface area contributed by atoms with Crippen LogP contribution in [0.2, 0.25) is 0 Å². The van der Waals surface area contributed by atoms with Crippen molar-refractivity contribution in [2.45, 2.75) is 25.4 Å². The molecule has 0 aliphatic carbocycles. The molecular weight excluding hydrogens is 221 g/mol. The van der Waals surface area contributed by atoms with Crippen LogP contribution in [0.25, 0.3) is 0 Å². The maximum Gasteiger partial charge on any atom is 0.169 e. The first kappa shape index (κ1) is 12.3. The summed E-state index contributed by atoms with van der Waals surface area (Å²) in [6, 6.07) is 5.53. The monoisotopic (exact) mass is 239 g/mol. The minimum Gasteiger partial charge on any atom is -0.494 e. The minimum absolute atomic E-state index is 0.278. The number of halogens is 1. The Labute approximate surface area is 101 Å². The van der Waals surface area contributed by atoms with Crippen molar-refractivity contribution in [3.63, 3.8) is 0 Å². The third-order valence-electron chi connectivity index (χ3n) is 3.00. The summed E-state index contributed by atoms with van der Waals surface area (Å²) in [6.07, 6.45) is 2.16. The molecule has 3 nitrogen and oxygen atoms in total. The van der Waals surface area contributed by atoms with Crippen molar-refractivity contribution in [2.24, 2.45) is 0 Å². The quantitative estimate of drug-likeness (QED) is 0.873. The van der Waals surface area contributed by atoms with Crippen LogP contribution in [0.4, 0.5) is 4.39 Å². The van der Waals surface area contributed by atoms with Crippen LogP contribution in [0, 0.1) is 5.82 Å². The van der Waals surface area contributed by atoms with Crippen LogP contribution in [0.5, 0.6) is 5.75 Å². The van der Waals surface area contributed by atoms with Crippen LogP contribution in [-0.2, 0) is 11.3 Å². The maximum atomic E-state index is 13.8. The highest BCUT2D eigenvalue weighted by Crippen LogP contribution is 2.20. The minimum atomic E-state index is -0.278. The number of ether oxygens (including phenoxy) is 2. The van der Waals surface area contributed by atoms with E-state index in [0.29, 0.717) is 30.5 Å². The number of nitrogens with one attached hydrogen (secondary N) is 1. The summed E-state index contributed by atoms with van der Waals surface area (Å²) < 4.78 is 24.1. The van der Waals surface area contributed by atoms with Gasteiger partial charge in [-0.2, -0.15) is 0 Å². The van der Waals surface area contributed by atoms with Gasteiger partial charge in [0.15, 0.2) is 11.6 Å². The summed E-state index contributed by atoms with van der Waals surface area (Å²) in [5.74, 6) is 0.0171. The Bertz CT molecular complexity index is 364. The van der Waals surface area contributed by atoms with Crippen LogP contribution in [0.1, 0.15) is 18.4 Å². The zero-order valence-corrected chi connectivity index (χ0v) is 10.0. The van der Waals surface area contributed by atoms with Gasteiger partial charge in [0.25, 0.3) is 0 Å². The molecule has 0 amide bonds. The van der Waals surface area contributed by atoms with E-state index in [1.807, 2.05) is 0 Å². The summed E-state index contributed by atoms with van der Waals surface area (Å²) in [7, 11) is 1.48. The zero-order chi connectivity index (χ0) is 12.1. The van der Waals surface area contributed by atoms with Crippen LogP contribution in [-0.4, -0.2) is 26.4 Å². The van der Waals surface area contributed by atoms with E-state index >= 15 is 0 Å². The molecule has 1 N–H and O–H groups in total. The van der Waals surface area contributed by atoms with Gasteiger partial charge >= 0.3 is 0 Å². The molecule has 0 saturated carbocycles. The van der Waals surface area contributed by atoms with Gasteiger partial charge in [-0.15, -0.1) is 0 Å². The Kier molecular flexibility index (Phi) is 4.34. The lowest BCUT2D eigenvalue weighted by Crippen LogP contribution is -2.36. The van der Waals surface area contributed by atoms with Gasteiger partial charge in [0.2, 0.25) is 0 Å². The molecule has 0 radical (unpaired) electrons. The van der Waals surface area contributed by atoms with E-state index < -0.39 is 0 Å². The van der Waals surface area contributed by atoms with Gasteiger partial charge in [-0.25, -0.2) is 4.39 Å². The van der Waals surface area contributed by atoms with E-state index in [4.69, 9.17) is 9.47 Å². The molecule has 0 bridgehead atoms. The van der Waals surface area contributed by atoms with Crippen LogP contribution < -0.4 is 10.1 Å². The zero-order valence-electron chi connectivity index (χ0n) is 10.0. The van der Waals surface area contributed by atoms with Crippen molar-refractivity contribution >= 4 is 0 Å². The van der Waals surface area contributed by atoms with Gasteiger partial charge in [-0.1, -0.05) is 12.1 Å². The molecule has 4 heteroatoms. The van der Waals surface area contributed by atoms with Gasteiger partial charge in [-0.05, 0) is 18.9 Å². The van der Waals surface area contributed by atoms with E-state index in [9.17, 15) is 4.39 Å². The van der Waals surface area contributed by atoms with Crippen molar-refractivity contribution in [2.75, 3.05) is 20.3 Å². The Hall–Kier alpha value is -1.13. The highest BCUT2D eigenvalue weighted by atomic mass is 19.1. The van der Waals surface area contributed by atoms with Crippen molar-refractivity contribution < 1.29 is 13.9 Å². The summed E-state index contributed by atoms with van der Waals surface area (Å²) in [5.41, 5.74) is 0.634. The third kappa shape index (κ3) is 3.17. The lowest BCUT2D eigenvalue weighted by Gasteiger charge is -2.23. The van der Waals surface area contributed by atoms with Crippen LogP contribution in [0.15, 0.2) is 18.2 Å². The summed E-state index contributed by atoms with van der Waals surface area (Å²) in [6.45, 7) is 2.06. The Balaban J connectivity index is 1.93. The van der Waals surface area contributed by atoms with E-state index in [0.717, 1.165) is 19.4 Å². The number of benzene rings is 1. The lowest BCUT2D eigenvalue weighted by molar-refractivity contribution is 0.0698. The molecule has 1 aromatic rings. The number of methoxy groups -OCH3 is 1. The largest absolute Gasteiger partial charge is 0.494 e. The predicted octanol–water partition coefficient (Wildman–Crippen LogP) is 2.10. The first-order chi connectivity index (χ1) is 8.31. The molecule has 1 aliphatic rings. The highest BCUT2D eigenvalue weighted by Gasteiger charge is 2.14. The molecule has 1 aromatic carbocycles. The molecule has 17 heavy (non-hydrogen) atoms. The predicted molar refractivity (Wildman–Crippen MR) is 63.6 cm³/mol. The topological polar surface area (TPSA) is 30.5 Å². The molecule has 1 fully saturated rings. The molecule has 1 heterocycles. The number of rotatable bonds is 4. The van der Waals surface area contributed by atoms with E-state index in [-0.39, 0.29) is 5.82 Å². The lowest BCUT2D eigenvalue weighted by atomic mass is 10.1. The van der Waals surface area contributed by atoms with Gasteiger partial charge in [0.05, 0.1) is 13.7 Å². The molecule has 1 unspecified atom stereocenters. The SMILES string of the molecule is COc1cccc(CNC2CCCOC2)c1F. The molecule has 1 aliphatic heterocycles. The number of hydrogen-bond donors (Lipinski definition) is 1. The molecule has 2 rings (SSSR count). The summed E-state index contributed by atoms with van der Waals surface area (Å²) in [5, 5.41) is 3.31. The second kappa shape index (κ2) is 5.98. The fraction of sp³-hybridized carbons (Fsp3) is 0.538. The normalized spacial score (nSPS) is 20.2. The summed E-state index contributed by atoms with van der Waals surface area (Å²) in [4.78, 5) is 0. The second-order valence-electron chi connectivity index (χ2n) is 4.23. The van der Waals surface area contributed by atoms with Crippen LogP contribution in [0.3, 0.4) is 0 Å². The fourth-order valence-corrected chi connectivity index (χ4v) is 2.01. The molecule has 1 atom stereocenters. The van der Waals surface area contributed by atoms with E-state index in [1.54, 1.807) is 18.2 Å². The standard InChI is InChI=1S/C13H18FNO2/c1-16-12-6-2-4-10(13(12)14)8-15-11-5-3-7-17-9-11/h2,4,6,11,15H,3,5,7-9H2,1H3. The number of hydrogen-bond acceptors (Lipinski definition) is 3. The third-order valence-corrected chi connectivity index (χ3v) is 3.00. The molecule has 0 spiro atoms. The smallest absolute Gasteiger partial charge is 0.169 e. The van der Waals surface area contributed by atoms with Crippen molar-refractivity contribution in [3.8, 4) is 5.75 Å². The first-order valence-electron chi connectivity index (χ1n) is 5.94. The Morgan fingerprint density at radius 3 is 3.12 bits per heavy atom. The van der Waals surface area contributed by atoms with Gasteiger partial charge in [0.1, 0.15) is 0 Å². The average molecular weight is 239 g/mol. The van der Waals surface area contributed by atoms with Crippen LogP contribution >= 0.6 is 0 Å². The fourth-order valence-electron chi connectivity index (χ4n) is 2.01. The molecule has 1 saturated heterocycles. The van der Waals surface area contributed by atoms with E-state index in [1.165, 1.54) is 7.11 Å². The maximum absolute atomic E-state index is 13.8. The second-order valence-corrected chi connectivity index (χ2v) is 4.23. The van der Waals surface area contributed by atoms with Gasteiger partial charge < -0.3 is 14.8 Å². The van der Waals surface area contributed by atoms with Gasteiger partial charge in [-0.3, -0.25) is 0 Å². The van der Waals surface area contributed by atoms with Crippen molar-refractivity contribution in [1.82, 2.24) is 5.32 Å². The average Bonchev–Trinajstić information content (AvgIpc) is 2.39. The molecule has 0 aromatic heterocycles. The van der Waals surface area contributed by atoms with E-state index in [2.05, 4.69) is 5.32 Å². The van der Waals surface area contributed by atoms with Gasteiger partial charge in [0, 0.05) is 24.8 Å². The Morgan fingerprint density at radius 1 is 1.53 bits per heavy atom. The first-order valence-corrected chi connectivity index (χ1v) is 5.94. The molecule has 94 valence electrons. The molecular formula is C13H18FNO2.